The fraction of sp³-hybridized carbons (Fsp3) is 0.467. The van der Waals surface area contributed by atoms with Crippen molar-refractivity contribution >= 4 is 23.0 Å². The van der Waals surface area contributed by atoms with Crippen LogP contribution < -0.4 is 5.32 Å². The zero-order valence-electron chi connectivity index (χ0n) is 11.2. The summed E-state index contributed by atoms with van der Waals surface area (Å²) in [6.07, 6.45) is 8.15. The Hall–Kier alpha value is -1.42. The quantitative estimate of drug-likeness (QED) is 0.660. The van der Waals surface area contributed by atoms with E-state index in [4.69, 9.17) is 0 Å². The van der Waals surface area contributed by atoms with Gasteiger partial charge in [0.2, 0.25) is 0 Å². The molecule has 3 nitrogen and oxygen atoms in total. The molecular formula is C15H19NO2S. The molecule has 19 heavy (non-hydrogen) atoms. The van der Waals surface area contributed by atoms with E-state index in [1.807, 2.05) is 0 Å². The lowest BCUT2D eigenvalue weighted by atomic mass is 9.97. The Balaban J connectivity index is 1.80. The molecule has 0 aromatic carbocycles. The topological polar surface area (TPSA) is 46.2 Å². The van der Waals surface area contributed by atoms with Crippen molar-refractivity contribution in [3.63, 3.8) is 0 Å². The van der Waals surface area contributed by atoms with Crippen LogP contribution in [0.4, 0.5) is 0 Å². The standard InChI is InChI=1S/C15H19NO2S/c1-11(17)13-7-8-14(19-13)15(18)16-10-9-12-5-3-2-4-6-12/h5,7-8H,2-4,6,9-10H2,1H3,(H,16,18). The van der Waals surface area contributed by atoms with Gasteiger partial charge in [0.1, 0.15) is 0 Å². The summed E-state index contributed by atoms with van der Waals surface area (Å²) in [7, 11) is 0. The maximum Gasteiger partial charge on any atom is 0.261 e. The zero-order valence-corrected chi connectivity index (χ0v) is 12.0. The van der Waals surface area contributed by atoms with E-state index < -0.39 is 0 Å². The summed E-state index contributed by atoms with van der Waals surface area (Å²) < 4.78 is 0. The van der Waals surface area contributed by atoms with Crippen LogP contribution in [0.2, 0.25) is 0 Å². The number of rotatable bonds is 5. The van der Waals surface area contributed by atoms with Gasteiger partial charge >= 0.3 is 0 Å². The van der Waals surface area contributed by atoms with E-state index in [9.17, 15) is 9.59 Å². The van der Waals surface area contributed by atoms with Crippen LogP contribution in [0.15, 0.2) is 23.8 Å². The van der Waals surface area contributed by atoms with Gasteiger partial charge in [-0.3, -0.25) is 9.59 Å². The lowest BCUT2D eigenvalue weighted by molar-refractivity contribution is 0.0957. The molecule has 0 spiro atoms. The Morgan fingerprint density at radius 3 is 2.68 bits per heavy atom. The molecule has 0 fully saturated rings. The predicted molar refractivity (Wildman–Crippen MR) is 77.8 cm³/mol. The number of Topliss-reactive ketones (excluding diaryl/α,β-unsaturated/α-hetero) is 1. The number of hydrogen-bond donors (Lipinski definition) is 1. The van der Waals surface area contributed by atoms with Gasteiger partial charge in [-0.05, 0) is 51.2 Å². The zero-order chi connectivity index (χ0) is 13.7. The highest BCUT2D eigenvalue weighted by atomic mass is 32.1. The second kappa shape index (κ2) is 6.66. The molecule has 0 atom stereocenters. The summed E-state index contributed by atoms with van der Waals surface area (Å²) in [5, 5.41) is 2.92. The molecule has 0 saturated heterocycles. The number of nitrogens with one attached hydrogen (secondary N) is 1. The lowest BCUT2D eigenvalue weighted by Gasteiger charge is -2.12. The van der Waals surface area contributed by atoms with Crippen LogP contribution in [-0.4, -0.2) is 18.2 Å². The average Bonchev–Trinajstić information content (AvgIpc) is 2.89. The number of carbonyl (C=O) groups excluding carboxylic acids is 2. The molecule has 102 valence electrons. The molecule has 1 aromatic heterocycles. The first kappa shape index (κ1) is 14.0. The number of amides is 1. The van der Waals surface area contributed by atoms with Gasteiger partial charge in [0.25, 0.3) is 5.91 Å². The SMILES string of the molecule is CC(=O)c1ccc(C(=O)NCCC2=CCCCC2)s1. The molecule has 0 radical (unpaired) electrons. The molecule has 1 aliphatic carbocycles. The molecule has 0 unspecified atom stereocenters. The third kappa shape index (κ3) is 4.03. The monoisotopic (exact) mass is 277 g/mol. The summed E-state index contributed by atoms with van der Waals surface area (Å²) in [6.45, 7) is 2.20. The fourth-order valence-electron chi connectivity index (χ4n) is 2.20. The average molecular weight is 277 g/mol. The van der Waals surface area contributed by atoms with Crippen LogP contribution in [0.3, 0.4) is 0 Å². The van der Waals surface area contributed by atoms with E-state index in [0.29, 0.717) is 16.3 Å². The van der Waals surface area contributed by atoms with Crippen molar-refractivity contribution in [3.8, 4) is 0 Å². The van der Waals surface area contributed by atoms with Crippen molar-refractivity contribution in [2.45, 2.75) is 39.0 Å². The fourth-order valence-corrected chi connectivity index (χ4v) is 3.02. The first-order valence-corrected chi connectivity index (χ1v) is 7.55. The van der Waals surface area contributed by atoms with E-state index in [0.717, 1.165) is 6.42 Å². The minimum absolute atomic E-state index is 0.0106. The summed E-state index contributed by atoms with van der Waals surface area (Å²) >= 11 is 1.26. The van der Waals surface area contributed by atoms with Crippen LogP contribution in [0.25, 0.3) is 0 Å². The Morgan fingerprint density at radius 1 is 1.26 bits per heavy atom. The highest BCUT2D eigenvalue weighted by Crippen LogP contribution is 2.20. The molecule has 0 aliphatic heterocycles. The molecule has 0 saturated carbocycles. The minimum Gasteiger partial charge on any atom is -0.351 e. The van der Waals surface area contributed by atoms with E-state index in [-0.39, 0.29) is 11.7 Å². The van der Waals surface area contributed by atoms with E-state index in [2.05, 4.69) is 11.4 Å². The van der Waals surface area contributed by atoms with Gasteiger partial charge in [0.05, 0.1) is 9.75 Å². The molecule has 1 amide bonds. The highest BCUT2D eigenvalue weighted by Gasteiger charge is 2.11. The first-order valence-electron chi connectivity index (χ1n) is 6.73. The minimum atomic E-state index is -0.0751. The predicted octanol–water partition coefficient (Wildman–Crippen LogP) is 3.57. The Morgan fingerprint density at radius 2 is 2.05 bits per heavy atom. The number of carbonyl (C=O) groups is 2. The first-order chi connectivity index (χ1) is 9.16. The van der Waals surface area contributed by atoms with Crippen LogP contribution in [-0.2, 0) is 0 Å². The van der Waals surface area contributed by atoms with Gasteiger partial charge < -0.3 is 5.32 Å². The summed E-state index contributed by atoms with van der Waals surface area (Å²) in [6, 6.07) is 3.43. The second-order valence-electron chi connectivity index (χ2n) is 4.83. The van der Waals surface area contributed by atoms with Crippen molar-refractivity contribution < 1.29 is 9.59 Å². The Kier molecular flexibility index (Phi) is 4.91. The van der Waals surface area contributed by atoms with Crippen molar-refractivity contribution in [1.82, 2.24) is 5.32 Å². The molecule has 2 rings (SSSR count). The van der Waals surface area contributed by atoms with Crippen molar-refractivity contribution in [2.24, 2.45) is 0 Å². The third-order valence-electron chi connectivity index (χ3n) is 3.29. The second-order valence-corrected chi connectivity index (χ2v) is 5.92. The normalized spacial score (nSPS) is 14.9. The summed E-state index contributed by atoms with van der Waals surface area (Å²) in [4.78, 5) is 24.3. The molecule has 1 aliphatic rings. The van der Waals surface area contributed by atoms with Crippen LogP contribution in [0.1, 0.15) is 58.4 Å². The summed E-state index contributed by atoms with van der Waals surface area (Å²) in [5.41, 5.74) is 1.46. The molecule has 1 N–H and O–H groups in total. The Labute approximate surface area is 117 Å². The number of hydrogen-bond acceptors (Lipinski definition) is 3. The molecular weight excluding hydrogens is 258 g/mol. The maximum absolute atomic E-state index is 11.9. The Bertz CT molecular complexity index is 502. The van der Waals surface area contributed by atoms with Crippen LogP contribution in [0, 0.1) is 0 Å². The van der Waals surface area contributed by atoms with Gasteiger partial charge in [-0.15, -0.1) is 11.3 Å². The number of allylic oxidation sites excluding steroid dienone is 1. The molecule has 4 heteroatoms. The van der Waals surface area contributed by atoms with E-state index >= 15 is 0 Å². The third-order valence-corrected chi connectivity index (χ3v) is 4.48. The number of ketones is 1. The van der Waals surface area contributed by atoms with E-state index in [1.54, 1.807) is 12.1 Å². The van der Waals surface area contributed by atoms with Gasteiger partial charge in [-0.25, -0.2) is 0 Å². The van der Waals surface area contributed by atoms with Crippen molar-refractivity contribution in [3.05, 3.63) is 33.5 Å². The van der Waals surface area contributed by atoms with Crippen LogP contribution >= 0.6 is 11.3 Å². The van der Waals surface area contributed by atoms with E-state index in [1.165, 1.54) is 49.5 Å². The van der Waals surface area contributed by atoms with Gasteiger partial charge in [-0.1, -0.05) is 11.6 Å². The molecule has 0 bridgehead atoms. The van der Waals surface area contributed by atoms with Crippen LogP contribution in [0.5, 0.6) is 0 Å². The number of thiophene rings is 1. The van der Waals surface area contributed by atoms with Crippen molar-refractivity contribution in [1.29, 1.82) is 0 Å². The largest absolute Gasteiger partial charge is 0.351 e. The molecule has 1 heterocycles. The maximum atomic E-state index is 11.9. The van der Waals surface area contributed by atoms with Gasteiger partial charge in [0, 0.05) is 6.54 Å². The smallest absolute Gasteiger partial charge is 0.261 e. The van der Waals surface area contributed by atoms with Crippen molar-refractivity contribution in [2.75, 3.05) is 6.54 Å². The summed E-state index contributed by atoms with van der Waals surface area (Å²) in [5.74, 6) is -0.0645. The molecule has 1 aromatic rings. The lowest BCUT2D eigenvalue weighted by Crippen LogP contribution is -2.24. The highest BCUT2D eigenvalue weighted by molar-refractivity contribution is 7.15. The van der Waals surface area contributed by atoms with Gasteiger partial charge in [0.15, 0.2) is 5.78 Å². The van der Waals surface area contributed by atoms with Gasteiger partial charge in [-0.2, -0.15) is 0 Å².